The number of aromatic nitrogens is 5. The molecule has 1 saturated carbocycles. The molecule has 2 aromatic heterocycles. The van der Waals surface area contributed by atoms with Crippen LogP contribution in [-0.2, 0) is 0 Å². The number of hydrogen-bond acceptors (Lipinski definition) is 5. The Morgan fingerprint density at radius 3 is 2.76 bits per heavy atom. The molecule has 86 valence electrons. The molecule has 2 aliphatic rings. The lowest BCUT2D eigenvalue weighted by Crippen LogP contribution is -2.23. The van der Waals surface area contributed by atoms with Crippen LogP contribution < -0.4 is 4.90 Å². The largest absolute Gasteiger partial charge is 0.355 e. The van der Waals surface area contributed by atoms with Gasteiger partial charge in [-0.1, -0.05) is 0 Å². The Kier molecular flexibility index (Phi) is 1.74. The first-order chi connectivity index (χ1) is 8.40. The zero-order valence-electron chi connectivity index (χ0n) is 9.24. The Labute approximate surface area is 98.1 Å². The molecule has 0 amide bonds. The zero-order valence-corrected chi connectivity index (χ0v) is 9.24. The fraction of sp³-hybridized carbons (Fsp3) is 0.455. The van der Waals surface area contributed by atoms with Crippen molar-refractivity contribution in [1.29, 1.82) is 0 Å². The number of aromatic amines is 1. The van der Waals surface area contributed by atoms with Gasteiger partial charge < -0.3 is 4.90 Å². The van der Waals surface area contributed by atoms with E-state index in [0.717, 1.165) is 42.1 Å². The minimum absolute atomic E-state index is 0.740. The van der Waals surface area contributed by atoms with Gasteiger partial charge in [0.25, 0.3) is 0 Å². The summed E-state index contributed by atoms with van der Waals surface area (Å²) in [7, 11) is 0. The molecule has 2 atom stereocenters. The van der Waals surface area contributed by atoms with Crippen LogP contribution in [0.4, 0.5) is 5.82 Å². The van der Waals surface area contributed by atoms with Crippen molar-refractivity contribution in [2.24, 2.45) is 11.8 Å². The summed E-state index contributed by atoms with van der Waals surface area (Å²) in [6, 6.07) is 0. The molecule has 17 heavy (non-hydrogen) atoms. The van der Waals surface area contributed by atoms with Gasteiger partial charge in [0.15, 0.2) is 0 Å². The molecule has 6 nitrogen and oxygen atoms in total. The maximum absolute atomic E-state index is 4.59. The number of nitrogens with one attached hydrogen (secondary N) is 1. The second-order valence-electron chi connectivity index (χ2n) is 4.78. The average molecular weight is 228 g/mol. The number of H-pyrrole nitrogens is 1. The summed E-state index contributed by atoms with van der Waals surface area (Å²) in [5.41, 5.74) is 1.51. The maximum Gasteiger partial charge on any atom is 0.147 e. The molecule has 2 unspecified atom stereocenters. The first kappa shape index (κ1) is 9.09. The molecule has 3 heterocycles. The maximum atomic E-state index is 4.59. The lowest BCUT2D eigenvalue weighted by molar-refractivity contribution is 0.802. The van der Waals surface area contributed by atoms with Gasteiger partial charge in [0.1, 0.15) is 17.2 Å². The molecule has 1 aliphatic heterocycles. The summed E-state index contributed by atoms with van der Waals surface area (Å²) in [5.74, 6) is 2.75. The van der Waals surface area contributed by atoms with Crippen molar-refractivity contribution in [1.82, 2.24) is 25.4 Å². The van der Waals surface area contributed by atoms with Crippen LogP contribution in [0.15, 0.2) is 18.6 Å². The van der Waals surface area contributed by atoms with Gasteiger partial charge in [-0.15, -0.1) is 0 Å². The van der Waals surface area contributed by atoms with E-state index in [1.54, 1.807) is 12.4 Å². The third-order valence-electron chi connectivity index (χ3n) is 3.60. The van der Waals surface area contributed by atoms with Crippen LogP contribution in [0.5, 0.6) is 0 Å². The first-order valence-electron chi connectivity index (χ1n) is 5.83. The molecular formula is C11H12N6. The van der Waals surface area contributed by atoms with E-state index in [0.29, 0.717) is 0 Å². The van der Waals surface area contributed by atoms with E-state index in [1.807, 2.05) is 6.20 Å². The van der Waals surface area contributed by atoms with Gasteiger partial charge in [-0.05, 0) is 18.3 Å². The van der Waals surface area contributed by atoms with Gasteiger partial charge in [-0.25, -0.2) is 4.98 Å². The normalized spacial score (nSPS) is 26.0. The second kappa shape index (κ2) is 3.26. The van der Waals surface area contributed by atoms with E-state index in [9.17, 15) is 0 Å². The highest BCUT2D eigenvalue weighted by Gasteiger charge is 2.45. The van der Waals surface area contributed by atoms with Crippen molar-refractivity contribution >= 4 is 5.82 Å². The summed E-state index contributed by atoms with van der Waals surface area (Å²) in [5, 5.41) is 10.4. The molecule has 2 fully saturated rings. The van der Waals surface area contributed by atoms with Crippen molar-refractivity contribution in [3.8, 4) is 11.4 Å². The number of nitrogens with zero attached hydrogens (tertiary/aromatic N) is 5. The summed E-state index contributed by atoms with van der Waals surface area (Å²) < 4.78 is 0. The fourth-order valence-electron chi connectivity index (χ4n) is 2.54. The monoisotopic (exact) mass is 228 g/mol. The Balaban J connectivity index is 1.66. The first-order valence-corrected chi connectivity index (χ1v) is 5.83. The van der Waals surface area contributed by atoms with Gasteiger partial charge in [-0.2, -0.15) is 15.4 Å². The van der Waals surface area contributed by atoms with E-state index in [4.69, 9.17) is 0 Å². The quantitative estimate of drug-likeness (QED) is 0.820. The van der Waals surface area contributed by atoms with Crippen molar-refractivity contribution in [2.45, 2.75) is 6.42 Å². The standard InChI is InChI=1S/C11H12N6/c1-7-5-17(6-8(1)7)11-4-12-2-9(14-11)10-3-13-16-15-10/h2-4,7-8H,1,5-6H2,(H,13,15,16). The van der Waals surface area contributed by atoms with Gasteiger partial charge in [0.2, 0.25) is 0 Å². The van der Waals surface area contributed by atoms with E-state index < -0.39 is 0 Å². The second-order valence-corrected chi connectivity index (χ2v) is 4.78. The van der Waals surface area contributed by atoms with Crippen LogP contribution in [0.1, 0.15) is 6.42 Å². The molecule has 1 aliphatic carbocycles. The van der Waals surface area contributed by atoms with E-state index >= 15 is 0 Å². The fourth-order valence-corrected chi connectivity index (χ4v) is 2.54. The molecule has 0 aromatic carbocycles. The predicted molar refractivity (Wildman–Crippen MR) is 61.2 cm³/mol. The highest BCUT2D eigenvalue weighted by molar-refractivity contribution is 5.54. The lowest BCUT2D eigenvalue weighted by atomic mass is 10.3. The van der Waals surface area contributed by atoms with Crippen molar-refractivity contribution in [3.05, 3.63) is 18.6 Å². The lowest BCUT2D eigenvalue weighted by Gasteiger charge is -2.18. The van der Waals surface area contributed by atoms with Crippen LogP contribution in [0.3, 0.4) is 0 Å². The molecular weight excluding hydrogens is 216 g/mol. The minimum Gasteiger partial charge on any atom is -0.355 e. The Morgan fingerprint density at radius 1 is 1.12 bits per heavy atom. The molecule has 1 saturated heterocycles. The SMILES string of the molecule is c1n[nH]nc1-c1cncc(N2CC3CC3C2)n1. The topological polar surface area (TPSA) is 70.6 Å². The average Bonchev–Trinajstić information content (AvgIpc) is 2.86. The number of fused-ring (bicyclic) bond motifs is 1. The van der Waals surface area contributed by atoms with Crippen molar-refractivity contribution < 1.29 is 0 Å². The van der Waals surface area contributed by atoms with Crippen LogP contribution >= 0.6 is 0 Å². The molecule has 0 spiro atoms. The Morgan fingerprint density at radius 2 is 2.00 bits per heavy atom. The van der Waals surface area contributed by atoms with Gasteiger partial charge >= 0.3 is 0 Å². The number of hydrogen-bond donors (Lipinski definition) is 1. The molecule has 4 rings (SSSR count). The Hall–Kier alpha value is -1.98. The van der Waals surface area contributed by atoms with E-state index in [2.05, 4.69) is 30.3 Å². The van der Waals surface area contributed by atoms with Gasteiger partial charge in [0, 0.05) is 13.1 Å². The molecule has 6 heteroatoms. The summed E-state index contributed by atoms with van der Waals surface area (Å²) >= 11 is 0. The molecule has 1 N–H and O–H groups in total. The highest BCUT2D eigenvalue weighted by Crippen LogP contribution is 2.45. The third-order valence-corrected chi connectivity index (χ3v) is 3.60. The van der Waals surface area contributed by atoms with Crippen LogP contribution in [0.25, 0.3) is 11.4 Å². The molecule has 2 aromatic rings. The summed E-state index contributed by atoms with van der Waals surface area (Å²) in [6.45, 7) is 2.25. The van der Waals surface area contributed by atoms with Crippen LogP contribution in [0, 0.1) is 11.8 Å². The minimum atomic E-state index is 0.740. The van der Waals surface area contributed by atoms with Gasteiger partial charge in [-0.3, -0.25) is 4.98 Å². The van der Waals surface area contributed by atoms with Crippen LogP contribution in [0.2, 0.25) is 0 Å². The van der Waals surface area contributed by atoms with Gasteiger partial charge in [0.05, 0.1) is 18.6 Å². The highest BCUT2D eigenvalue weighted by atomic mass is 15.3. The van der Waals surface area contributed by atoms with Crippen molar-refractivity contribution in [3.63, 3.8) is 0 Å². The number of piperidine rings is 1. The number of anilines is 1. The molecule has 0 radical (unpaired) electrons. The zero-order chi connectivity index (χ0) is 11.2. The van der Waals surface area contributed by atoms with E-state index in [-0.39, 0.29) is 0 Å². The summed E-state index contributed by atoms with van der Waals surface area (Å²) in [6.07, 6.45) is 6.61. The third kappa shape index (κ3) is 1.48. The smallest absolute Gasteiger partial charge is 0.147 e. The van der Waals surface area contributed by atoms with E-state index in [1.165, 1.54) is 6.42 Å². The Bertz CT molecular complexity index is 527. The molecule has 0 bridgehead atoms. The van der Waals surface area contributed by atoms with Crippen molar-refractivity contribution in [2.75, 3.05) is 18.0 Å². The number of rotatable bonds is 2. The summed E-state index contributed by atoms with van der Waals surface area (Å²) in [4.78, 5) is 11.1. The predicted octanol–water partition coefficient (Wildman–Crippen LogP) is 0.718. The van der Waals surface area contributed by atoms with Crippen LogP contribution in [-0.4, -0.2) is 38.5 Å².